The number of aliphatic hydroxyl groups excluding tert-OH is 2. The summed E-state index contributed by atoms with van der Waals surface area (Å²) >= 11 is 31.4. The first kappa shape index (κ1) is 98.3. The number of methoxy groups -OCH3 is 2. The number of ether oxygens (including phenoxy) is 8. The number of likely N-dealkylation sites (tertiary alicyclic amines) is 3. The number of aliphatic hydroxyl groups is 2. The van der Waals surface area contributed by atoms with Crippen LogP contribution in [0.15, 0.2) is 194 Å². The van der Waals surface area contributed by atoms with Gasteiger partial charge in [-0.3, -0.25) is 19.6 Å². The molecule has 8 unspecified atom stereocenters. The number of nitrogens with one attached hydrogen (secondary N) is 4. The molecule has 11 heterocycles. The number of aromatic nitrogens is 4. The molecule has 8 atom stereocenters. The van der Waals surface area contributed by atoms with Gasteiger partial charge >= 0.3 is 24.4 Å². The minimum Gasteiger partial charge on any atom is -0.493 e. The molecule has 138 heavy (non-hydrogen) atoms. The number of amides is 4. The monoisotopic (exact) mass is 1970 g/mol. The van der Waals surface area contributed by atoms with Gasteiger partial charge in [-0.15, -0.1) is 0 Å². The minimum absolute atomic E-state index is 0.000482. The quantitative estimate of drug-likeness (QED) is 0.0387. The van der Waals surface area contributed by atoms with Gasteiger partial charge in [0.25, 0.3) is 0 Å². The maximum Gasteiger partial charge on any atom is 0.410 e. The topological polar surface area (TPSA) is 268 Å². The summed E-state index contributed by atoms with van der Waals surface area (Å²) in [5.74, 6) is 4.79. The molecule has 726 valence electrons. The second-order valence-electron chi connectivity index (χ2n) is 37.4. The Kier molecular flexibility index (Phi) is 31.9. The highest BCUT2D eigenvalue weighted by atomic mass is 35.5. The fourth-order valence-electron chi connectivity index (χ4n) is 20.7. The van der Waals surface area contributed by atoms with E-state index in [0.717, 1.165) is 169 Å². The van der Waals surface area contributed by atoms with Crippen LogP contribution in [-0.2, 0) is 51.2 Å². The van der Waals surface area contributed by atoms with E-state index in [4.69, 9.17) is 101 Å². The number of H-pyrrole nitrogens is 4. The maximum atomic E-state index is 13.5. The van der Waals surface area contributed by atoms with Gasteiger partial charge in [-0.1, -0.05) is 125 Å². The van der Waals surface area contributed by atoms with Gasteiger partial charge in [0.2, 0.25) is 0 Å². The fourth-order valence-corrected chi connectivity index (χ4v) is 21.5. The largest absolute Gasteiger partial charge is 0.493 e. The molecule has 0 radical (unpaired) electrons. The lowest BCUT2D eigenvalue weighted by Gasteiger charge is -2.36. The van der Waals surface area contributed by atoms with Gasteiger partial charge in [-0.05, 0) is 291 Å². The van der Waals surface area contributed by atoms with Crippen molar-refractivity contribution < 1.29 is 67.3 Å². The van der Waals surface area contributed by atoms with Crippen molar-refractivity contribution in [2.75, 3.05) is 134 Å². The zero-order valence-corrected chi connectivity index (χ0v) is 82.6. The van der Waals surface area contributed by atoms with Crippen molar-refractivity contribution in [3.8, 4) is 23.0 Å². The second kappa shape index (κ2) is 44.9. The minimum atomic E-state index is -0.932. The van der Waals surface area contributed by atoms with Gasteiger partial charge in [-0.2, -0.15) is 0 Å². The second-order valence-corrected chi connectivity index (χ2v) is 39.6. The average molecular weight is 1970 g/mol. The van der Waals surface area contributed by atoms with Crippen LogP contribution >= 0.6 is 58.0 Å². The number of hydrogen-bond acceptors (Lipinski definition) is 17. The van der Waals surface area contributed by atoms with E-state index in [2.05, 4.69) is 92.2 Å². The first-order valence-electron chi connectivity index (χ1n) is 47.7. The first-order chi connectivity index (χ1) is 66.9. The molecule has 0 aliphatic carbocycles. The third-order valence-corrected chi connectivity index (χ3v) is 28.7. The lowest BCUT2D eigenvalue weighted by atomic mass is 9.92. The van der Waals surface area contributed by atoms with E-state index in [1.54, 1.807) is 32.9 Å². The number of piperidine rings is 3. The molecule has 3 saturated heterocycles. The van der Waals surface area contributed by atoms with Crippen LogP contribution in [0, 0.1) is 17.8 Å². The number of benzene rings is 9. The number of carbonyl (C=O) groups excluding carboxylic acids is 4. The number of aromatic amines is 4. The van der Waals surface area contributed by atoms with Crippen LogP contribution in [-0.4, -0.2) is 235 Å². The van der Waals surface area contributed by atoms with Gasteiger partial charge in [0.05, 0.1) is 46.8 Å². The van der Waals surface area contributed by atoms with E-state index in [9.17, 15) is 24.3 Å². The molecule has 4 aromatic heterocycles. The van der Waals surface area contributed by atoms with E-state index in [0.29, 0.717) is 94.2 Å². The highest BCUT2D eigenvalue weighted by Gasteiger charge is 2.41. The van der Waals surface area contributed by atoms with Crippen molar-refractivity contribution in [3.05, 3.63) is 292 Å². The van der Waals surface area contributed by atoms with Crippen LogP contribution in [0.25, 0.3) is 43.6 Å². The van der Waals surface area contributed by atoms with E-state index >= 15 is 0 Å². The fraction of sp³-hybridized carbons (Fsp3) is 0.389. The Bertz CT molecular complexity index is 6410. The van der Waals surface area contributed by atoms with Crippen molar-refractivity contribution in [2.45, 2.75) is 121 Å². The SMILES string of the molecule is CC(C)OC(=O)N1CCc2c([nH]c3ccc(Cl)cc23)C1c1ccc(OCC2CCCN(C)C2)cc1.CN1CCCC(COc2ccc(C3c4[nH]c5ccc(Cl)cc5c4CCN3C(=O)OCc3ccccc3Cl)cc2)C1.COC(=O)N1CCc2c([nH]c3ccc(Cl)cc23)C1c1ccc(OCC(O)CO)cc1.COC(=O)N1CCc2c([nH]c3ccc(Cl)cc23)C1c1ccc(OCC2CCCN(C)C2)cc1. The molecule has 0 saturated carbocycles. The van der Waals surface area contributed by atoms with Crippen molar-refractivity contribution >= 4 is 126 Å². The molecule has 4 amide bonds. The molecule has 20 rings (SSSR count). The number of rotatable bonds is 20. The Hall–Kier alpha value is -11.3. The van der Waals surface area contributed by atoms with E-state index in [1.165, 1.54) is 82.5 Å². The van der Waals surface area contributed by atoms with E-state index in [1.807, 2.05) is 158 Å². The third kappa shape index (κ3) is 22.9. The van der Waals surface area contributed by atoms with Crippen LogP contribution < -0.4 is 18.9 Å². The Balaban J connectivity index is 0.000000128. The summed E-state index contributed by atoms with van der Waals surface area (Å²) in [5.41, 5.74) is 17.4. The number of hydrogen-bond donors (Lipinski definition) is 6. The molecule has 9 aromatic carbocycles. The van der Waals surface area contributed by atoms with Gasteiger partial charge in [0.1, 0.15) is 66.5 Å². The van der Waals surface area contributed by atoms with E-state index in [-0.39, 0.29) is 68.4 Å². The molecular weight excluding hydrogens is 1850 g/mol. The molecule has 25 nitrogen and oxygen atoms in total. The standard InChI is InChI=1S/C32H33Cl2N3O3.C28H34ClN3O3.C26H30ClN3O3.C22H23ClN2O5/c1-36-15-4-5-21(18-36)19-39-25-11-8-22(9-12-25)31-30-26(27-17-24(33)10-13-29(27)35-30)14-16-37(31)32(38)40-20-23-6-2-3-7-28(23)34;1-18(2)35-28(33)32-14-12-23-24-15-21(29)8-11-25(24)30-26(23)27(32)20-6-9-22(10-7-20)34-17-19-5-4-13-31(3)16-19;1-29-12-3-4-17(15-29)16-33-20-8-5-18(6-9-20)25-24-21(11-13-30(25)26(31)32-2)22-14-19(27)7-10-23(22)28-24;1-29-22(28)25-9-8-17-18-10-14(23)4-7-19(18)24-20(17)21(25)13-2-5-16(6-3-13)30-12-15(27)11-26/h2-3,6-13,17,21,31,35H,4-5,14-16,18-20H2,1H3;6-11,15,18-19,27,30H,4-5,12-14,16-17H2,1-3H3;5-10,14,17,25,28H,3-4,11-13,15-16H2,1-2H3;2-7,10,15,21,24,26-27H,8-9,11-12H2,1H3. The summed E-state index contributed by atoms with van der Waals surface area (Å²) in [6.07, 6.45) is 7.67. The number of fused-ring (bicyclic) bond motifs is 12. The van der Waals surface area contributed by atoms with Crippen molar-refractivity contribution in [1.29, 1.82) is 0 Å². The summed E-state index contributed by atoms with van der Waals surface area (Å²) in [6.45, 7) is 14.6. The molecule has 13 aromatic rings. The molecule has 7 aliphatic rings. The summed E-state index contributed by atoms with van der Waals surface area (Å²) in [7, 11) is 9.32. The summed E-state index contributed by atoms with van der Waals surface area (Å²) in [6, 6.07) is 61.3. The Morgan fingerprint density at radius 2 is 0.696 bits per heavy atom. The van der Waals surface area contributed by atoms with Crippen molar-refractivity contribution in [3.63, 3.8) is 0 Å². The normalized spacial score (nSPS) is 19.6. The number of halogens is 5. The summed E-state index contributed by atoms with van der Waals surface area (Å²) in [4.78, 5) is 80.1. The zero-order valence-electron chi connectivity index (χ0n) is 78.9. The molecular formula is C108H120Cl5N11O14. The number of carbonyl (C=O) groups is 4. The first-order valence-corrected chi connectivity index (χ1v) is 49.6. The van der Waals surface area contributed by atoms with Gasteiger partial charge in [-0.25, -0.2) is 19.2 Å². The highest BCUT2D eigenvalue weighted by molar-refractivity contribution is 6.33. The highest BCUT2D eigenvalue weighted by Crippen LogP contribution is 2.46. The Morgan fingerprint density at radius 3 is 0.993 bits per heavy atom. The maximum absolute atomic E-state index is 13.5. The predicted molar refractivity (Wildman–Crippen MR) is 542 cm³/mol. The number of nitrogens with zero attached hydrogens (tertiary/aromatic N) is 7. The van der Waals surface area contributed by atoms with E-state index < -0.39 is 12.2 Å². The van der Waals surface area contributed by atoms with Crippen LogP contribution in [0.3, 0.4) is 0 Å². The Morgan fingerprint density at radius 1 is 0.391 bits per heavy atom. The molecule has 6 N–H and O–H groups in total. The molecule has 3 fully saturated rings. The lowest BCUT2D eigenvalue weighted by Crippen LogP contribution is -2.41. The lowest BCUT2D eigenvalue weighted by molar-refractivity contribution is 0.0536. The van der Waals surface area contributed by atoms with Crippen molar-refractivity contribution in [1.82, 2.24) is 54.2 Å². The Labute approximate surface area is 829 Å². The molecule has 7 aliphatic heterocycles. The van der Waals surface area contributed by atoms with Gasteiger partial charge < -0.3 is 82.7 Å². The summed E-state index contributed by atoms with van der Waals surface area (Å²) < 4.78 is 45.4. The average Bonchev–Trinajstić information content (AvgIpc) is 1.61. The van der Waals surface area contributed by atoms with Crippen LogP contribution in [0.1, 0.15) is 149 Å². The third-order valence-electron chi connectivity index (χ3n) is 27.3. The smallest absolute Gasteiger partial charge is 0.410 e. The van der Waals surface area contributed by atoms with Crippen LogP contribution in [0.2, 0.25) is 25.1 Å². The predicted octanol–water partition coefficient (Wildman–Crippen LogP) is 22.0. The molecule has 30 heteroatoms. The molecule has 0 bridgehead atoms. The van der Waals surface area contributed by atoms with Crippen LogP contribution in [0.5, 0.6) is 23.0 Å². The van der Waals surface area contributed by atoms with Crippen molar-refractivity contribution in [2.24, 2.45) is 17.8 Å². The summed E-state index contributed by atoms with van der Waals surface area (Å²) in [5, 5.41) is 26.1. The van der Waals surface area contributed by atoms with Gasteiger partial charge in [0.15, 0.2) is 0 Å². The van der Waals surface area contributed by atoms with Gasteiger partial charge in [0, 0.05) is 161 Å². The zero-order chi connectivity index (χ0) is 96.4. The molecule has 0 spiro atoms. The van der Waals surface area contributed by atoms with Crippen LogP contribution in [0.4, 0.5) is 19.2 Å².